The molecule has 1 aliphatic carbocycles. The zero-order valence-corrected chi connectivity index (χ0v) is 16.7. The zero-order chi connectivity index (χ0) is 20.2. The van der Waals surface area contributed by atoms with Crippen molar-refractivity contribution in [3.8, 4) is 0 Å². The van der Waals surface area contributed by atoms with Gasteiger partial charge < -0.3 is 5.11 Å². The Labute approximate surface area is 165 Å². The van der Waals surface area contributed by atoms with Crippen LogP contribution in [0.3, 0.4) is 0 Å². The molecule has 0 bridgehead atoms. The lowest BCUT2D eigenvalue weighted by Gasteiger charge is -2.31. The van der Waals surface area contributed by atoms with Gasteiger partial charge in [-0.05, 0) is 54.6 Å². The summed E-state index contributed by atoms with van der Waals surface area (Å²) in [5.41, 5.74) is 2.44. The number of nitrogens with zero attached hydrogens (tertiary/aromatic N) is 1. The number of piperidine rings is 1. The number of rotatable bonds is 2. The molecule has 4 atom stereocenters. The highest BCUT2D eigenvalue weighted by Crippen LogP contribution is 2.47. The van der Waals surface area contributed by atoms with Gasteiger partial charge in [0.15, 0.2) is 6.23 Å². The van der Waals surface area contributed by atoms with E-state index in [-0.39, 0.29) is 30.1 Å². The summed E-state index contributed by atoms with van der Waals surface area (Å²) in [6.07, 6.45) is 2.66. The summed E-state index contributed by atoms with van der Waals surface area (Å²) in [6, 6.07) is 4.93. The van der Waals surface area contributed by atoms with Crippen molar-refractivity contribution in [3.05, 3.63) is 34.9 Å². The molecule has 28 heavy (non-hydrogen) atoms. The number of aliphatic hydroxyl groups is 1. The summed E-state index contributed by atoms with van der Waals surface area (Å²) in [6.45, 7) is 6.83. The number of carbonyl (C=O) groups is 3. The van der Waals surface area contributed by atoms with Crippen molar-refractivity contribution in [1.82, 2.24) is 10.2 Å². The standard InChI is InChI=1S/C22H28N2O4/c1-22(2,3)14-6-4-12(10-14)13-5-7-15-16(11-13)21(28)24(20(15)27)17-8-9-18(25)23-19(17)26/h5,7,11-12,14,17,20,27H,4,6,8-10H2,1-3H3,(H,23,25,26). The van der Waals surface area contributed by atoms with Crippen molar-refractivity contribution in [2.75, 3.05) is 0 Å². The summed E-state index contributed by atoms with van der Waals surface area (Å²) < 4.78 is 0. The van der Waals surface area contributed by atoms with Crippen LogP contribution in [0, 0.1) is 11.3 Å². The van der Waals surface area contributed by atoms with Crippen LogP contribution >= 0.6 is 0 Å². The van der Waals surface area contributed by atoms with Crippen LogP contribution < -0.4 is 5.32 Å². The van der Waals surface area contributed by atoms with E-state index >= 15 is 0 Å². The lowest BCUT2D eigenvalue weighted by Crippen LogP contribution is -2.53. The lowest BCUT2D eigenvalue weighted by atomic mass is 9.79. The third kappa shape index (κ3) is 3.13. The van der Waals surface area contributed by atoms with E-state index < -0.39 is 18.2 Å². The van der Waals surface area contributed by atoms with Gasteiger partial charge in [0, 0.05) is 17.5 Å². The van der Waals surface area contributed by atoms with Crippen LogP contribution in [0.4, 0.5) is 0 Å². The van der Waals surface area contributed by atoms with Crippen LogP contribution in [0.2, 0.25) is 0 Å². The fourth-order valence-electron chi connectivity index (χ4n) is 4.97. The second-order valence-corrected chi connectivity index (χ2v) is 9.47. The van der Waals surface area contributed by atoms with Crippen LogP contribution in [0.1, 0.15) is 86.5 Å². The maximum absolute atomic E-state index is 13.0. The molecule has 2 heterocycles. The fourth-order valence-corrected chi connectivity index (χ4v) is 4.97. The molecule has 3 amide bonds. The Kier molecular flexibility index (Phi) is 4.57. The van der Waals surface area contributed by atoms with Gasteiger partial charge >= 0.3 is 0 Å². The number of nitrogens with one attached hydrogen (secondary N) is 1. The van der Waals surface area contributed by atoms with E-state index in [1.807, 2.05) is 18.2 Å². The second kappa shape index (κ2) is 6.69. The third-order valence-corrected chi connectivity index (χ3v) is 6.76. The van der Waals surface area contributed by atoms with Gasteiger partial charge in [0.05, 0.1) is 0 Å². The van der Waals surface area contributed by atoms with Crippen LogP contribution in [-0.2, 0) is 9.59 Å². The van der Waals surface area contributed by atoms with Crippen LogP contribution in [0.5, 0.6) is 0 Å². The number of fused-ring (bicyclic) bond motifs is 1. The summed E-state index contributed by atoms with van der Waals surface area (Å²) in [5, 5.41) is 13.0. The molecular formula is C22H28N2O4. The molecule has 0 spiro atoms. The molecule has 4 unspecified atom stereocenters. The van der Waals surface area contributed by atoms with Gasteiger partial charge in [-0.25, -0.2) is 0 Å². The molecule has 4 rings (SSSR count). The van der Waals surface area contributed by atoms with Gasteiger partial charge in [0.1, 0.15) is 6.04 Å². The van der Waals surface area contributed by atoms with Crippen molar-refractivity contribution in [2.24, 2.45) is 11.3 Å². The number of aliphatic hydroxyl groups excluding tert-OH is 1. The first-order chi connectivity index (χ1) is 13.2. The van der Waals surface area contributed by atoms with Gasteiger partial charge in [-0.3, -0.25) is 24.6 Å². The van der Waals surface area contributed by atoms with E-state index in [9.17, 15) is 19.5 Å². The Morgan fingerprint density at radius 3 is 2.50 bits per heavy atom. The molecule has 1 saturated heterocycles. The maximum Gasteiger partial charge on any atom is 0.257 e. The molecule has 2 fully saturated rings. The number of hydrogen-bond acceptors (Lipinski definition) is 4. The number of imide groups is 1. The lowest BCUT2D eigenvalue weighted by molar-refractivity contribution is -0.139. The van der Waals surface area contributed by atoms with Crippen LogP contribution in [-0.4, -0.2) is 33.8 Å². The van der Waals surface area contributed by atoms with Gasteiger partial charge in [-0.2, -0.15) is 0 Å². The molecule has 150 valence electrons. The van der Waals surface area contributed by atoms with E-state index in [4.69, 9.17) is 0 Å². The molecule has 3 aliphatic rings. The van der Waals surface area contributed by atoms with E-state index in [1.54, 1.807) is 0 Å². The van der Waals surface area contributed by atoms with Gasteiger partial charge in [-0.15, -0.1) is 0 Å². The first kappa shape index (κ1) is 19.1. The molecule has 2 aliphatic heterocycles. The Morgan fingerprint density at radius 1 is 1.11 bits per heavy atom. The van der Waals surface area contributed by atoms with E-state index in [0.717, 1.165) is 18.4 Å². The maximum atomic E-state index is 13.0. The van der Waals surface area contributed by atoms with E-state index in [0.29, 0.717) is 23.0 Å². The number of amides is 3. The Bertz CT molecular complexity index is 841. The molecule has 6 nitrogen and oxygen atoms in total. The zero-order valence-electron chi connectivity index (χ0n) is 16.7. The topological polar surface area (TPSA) is 86.7 Å². The Hall–Kier alpha value is -2.21. The number of carbonyl (C=O) groups excluding carboxylic acids is 3. The first-order valence-corrected chi connectivity index (χ1v) is 10.1. The second-order valence-electron chi connectivity index (χ2n) is 9.47. The summed E-state index contributed by atoms with van der Waals surface area (Å²) >= 11 is 0. The molecule has 2 N–H and O–H groups in total. The molecule has 6 heteroatoms. The summed E-state index contributed by atoms with van der Waals surface area (Å²) in [5.74, 6) is -0.0994. The Balaban J connectivity index is 1.57. The van der Waals surface area contributed by atoms with Crippen molar-refractivity contribution < 1.29 is 19.5 Å². The fraction of sp³-hybridized carbons (Fsp3) is 0.591. The molecule has 1 aromatic rings. The molecule has 1 aromatic carbocycles. The molecule has 0 aromatic heterocycles. The van der Waals surface area contributed by atoms with Crippen LogP contribution in [0.15, 0.2) is 18.2 Å². The highest BCUT2D eigenvalue weighted by Gasteiger charge is 2.44. The van der Waals surface area contributed by atoms with Crippen LogP contribution in [0.25, 0.3) is 0 Å². The van der Waals surface area contributed by atoms with Crippen molar-refractivity contribution in [2.45, 2.75) is 71.1 Å². The molecule has 1 saturated carbocycles. The normalized spacial score (nSPS) is 30.6. The van der Waals surface area contributed by atoms with Gasteiger partial charge in [-0.1, -0.05) is 32.9 Å². The third-order valence-electron chi connectivity index (χ3n) is 6.76. The van der Waals surface area contributed by atoms with E-state index in [1.165, 1.54) is 11.3 Å². The predicted octanol–water partition coefficient (Wildman–Crippen LogP) is 2.87. The van der Waals surface area contributed by atoms with Crippen molar-refractivity contribution >= 4 is 17.7 Å². The summed E-state index contributed by atoms with van der Waals surface area (Å²) in [4.78, 5) is 37.9. The molecular weight excluding hydrogens is 356 g/mol. The predicted molar refractivity (Wildman–Crippen MR) is 103 cm³/mol. The van der Waals surface area contributed by atoms with E-state index in [2.05, 4.69) is 26.1 Å². The minimum absolute atomic E-state index is 0.171. The average Bonchev–Trinajstić information content (AvgIpc) is 3.21. The summed E-state index contributed by atoms with van der Waals surface area (Å²) in [7, 11) is 0. The minimum Gasteiger partial charge on any atom is -0.369 e. The first-order valence-electron chi connectivity index (χ1n) is 10.1. The molecule has 0 radical (unpaired) electrons. The van der Waals surface area contributed by atoms with Gasteiger partial charge in [0.25, 0.3) is 5.91 Å². The minimum atomic E-state index is -1.15. The number of hydrogen-bond donors (Lipinski definition) is 2. The van der Waals surface area contributed by atoms with Crippen molar-refractivity contribution in [3.63, 3.8) is 0 Å². The van der Waals surface area contributed by atoms with Crippen molar-refractivity contribution in [1.29, 1.82) is 0 Å². The smallest absolute Gasteiger partial charge is 0.257 e. The highest BCUT2D eigenvalue weighted by molar-refractivity contribution is 6.05. The highest BCUT2D eigenvalue weighted by atomic mass is 16.3. The largest absolute Gasteiger partial charge is 0.369 e. The number of benzene rings is 1. The SMILES string of the molecule is CC(C)(C)C1CCC(c2ccc3c(c2)C(=O)N(C2CCC(=O)NC2=O)C3O)C1. The monoisotopic (exact) mass is 384 g/mol. The average molecular weight is 384 g/mol. The quantitative estimate of drug-likeness (QED) is 0.768. The Morgan fingerprint density at radius 2 is 1.86 bits per heavy atom. The van der Waals surface area contributed by atoms with Gasteiger partial charge in [0.2, 0.25) is 11.8 Å².